The summed E-state index contributed by atoms with van der Waals surface area (Å²) in [7, 11) is 1.91. The number of hydrogen-bond donors (Lipinski definition) is 0. The van der Waals surface area contributed by atoms with Crippen LogP contribution in [-0.4, -0.2) is 14.5 Å². The van der Waals surface area contributed by atoms with Crippen LogP contribution >= 0.6 is 11.6 Å². The number of rotatable bonds is 1. The molecule has 0 bridgehead atoms. The molecule has 0 atom stereocenters. The second-order valence-corrected chi connectivity index (χ2v) is 3.72. The lowest BCUT2D eigenvalue weighted by atomic mass is 10.2. The van der Waals surface area contributed by atoms with E-state index in [1.165, 1.54) is 0 Å². The van der Waals surface area contributed by atoms with Crippen LogP contribution in [0.25, 0.3) is 11.0 Å². The summed E-state index contributed by atoms with van der Waals surface area (Å²) in [6.45, 7) is 3.99. The smallest absolute Gasteiger partial charge is 0.144 e. The lowest BCUT2D eigenvalue weighted by Crippen LogP contribution is -1.98. The summed E-state index contributed by atoms with van der Waals surface area (Å²) in [4.78, 5) is 8.76. The number of aromatic nitrogens is 3. The average molecular weight is 210 g/mol. The van der Waals surface area contributed by atoms with Crippen LogP contribution in [0, 0.1) is 6.92 Å². The molecule has 0 aliphatic heterocycles. The van der Waals surface area contributed by atoms with E-state index in [0.717, 1.165) is 29.0 Å². The van der Waals surface area contributed by atoms with Crippen LogP contribution < -0.4 is 0 Å². The molecule has 0 saturated carbocycles. The highest BCUT2D eigenvalue weighted by Crippen LogP contribution is 2.23. The zero-order valence-electron chi connectivity index (χ0n) is 8.50. The Hall–Kier alpha value is -1.09. The second-order valence-electron chi connectivity index (χ2n) is 3.33. The van der Waals surface area contributed by atoms with Crippen LogP contribution in [0.4, 0.5) is 0 Å². The lowest BCUT2D eigenvalue weighted by Gasteiger charge is -2.01. The van der Waals surface area contributed by atoms with Crippen molar-refractivity contribution in [3.05, 3.63) is 22.7 Å². The van der Waals surface area contributed by atoms with E-state index in [2.05, 4.69) is 16.9 Å². The Morgan fingerprint density at radius 3 is 2.79 bits per heavy atom. The fraction of sp³-hybridized carbons (Fsp3) is 0.400. The fourth-order valence-electron chi connectivity index (χ4n) is 1.61. The largest absolute Gasteiger partial charge is 0.319 e. The first-order valence-electron chi connectivity index (χ1n) is 4.62. The molecule has 74 valence electrons. The molecule has 0 unspecified atom stereocenters. The van der Waals surface area contributed by atoms with E-state index in [0.29, 0.717) is 5.15 Å². The van der Waals surface area contributed by atoms with Crippen molar-refractivity contribution < 1.29 is 0 Å². The molecular formula is C10H12ClN3. The van der Waals surface area contributed by atoms with E-state index in [1.807, 2.05) is 24.6 Å². The molecule has 0 aromatic carbocycles. The van der Waals surface area contributed by atoms with Crippen molar-refractivity contribution >= 4 is 22.6 Å². The van der Waals surface area contributed by atoms with Gasteiger partial charge in [0.1, 0.15) is 16.6 Å². The van der Waals surface area contributed by atoms with Gasteiger partial charge in [0.15, 0.2) is 0 Å². The van der Waals surface area contributed by atoms with E-state index in [-0.39, 0.29) is 0 Å². The molecule has 2 aromatic heterocycles. The molecule has 0 N–H and O–H groups in total. The molecular weight excluding hydrogens is 198 g/mol. The maximum Gasteiger partial charge on any atom is 0.144 e. The molecule has 14 heavy (non-hydrogen) atoms. The number of halogens is 1. The van der Waals surface area contributed by atoms with Crippen LogP contribution in [0.1, 0.15) is 18.4 Å². The molecule has 0 fully saturated rings. The normalized spacial score (nSPS) is 11.1. The second kappa shape index (κ2) is 3.24. The van der Waals surface area contributed by atoms with Gasteiger partial charge in [-0.15, -0.1) is 0 Å². The predicted molar refractivity (Wildman–Crippen MR) is 57.6 cm³/mol. The molecule has 4 heteroatoms. The highest BCUT2D eigenvalue weighted by Gasteiger charge is 2.10. The van der Waals surface area contributed by atoms with Gasteiger partial charge in [0.25, 0.3) is 0 Å². The van der Waals surface area contributed by atoms with Gasteiger partial charge in [0.05, 0.1) is 5.69 Å². The summed E-state index contributed by atoms with van der Waals surface area (Å²) in [6.07, 6.45) is 0.903. The first kappa shape index (κ1) is 9.46. The van der Waals surface area contributed by atoms with E-state index in [1.54, 1.807) is 0 Å². The summed E-state index contributed by atoms with van der Waals surface area (Å²) in [6, 6.07) is 1.93. The molecule has 3 nitrogen and oxygen atoms in total. The van der Waals surface area contributed by atoms with Gasteiger partial charge in [-0.2, -0.15) is 0 Å². The van der Waals surface area contributed by atoms with E-state index >= 15 is 0 Å². The van der Waals surface area contributed by atoms with Gasteiger partial charge in [0.2, 0.25) is 0 Å². The Kier molecular flexibility index (Phi) is 2.19. The van der Waals surface area contributed by atoms with Crippen molar-refractivity contribution in [2.24, 2.45) is 7.05 Å². The van der Waals surface area contributed by atoms with E-state index in [9.17, 15) is 0 Å². The minimum Gasteiger partial charge on any atom is -0.319 e. The molecule has 0 aliphatic rings. The van der Waals surface area contributed by atoms with E-state index in [4.69, 9.17) is 11.6 Å². The molecule has 0 spiro atoms. The maximum absolute atomic E-state index is 6.03. The van der Waals surface area contributed by atoms with Crippen molar-refractivity contribution in [1.29, 1.82) is 0 Å². The van der Waals surface area contributed by atoms with Crippen molar-refractivity contribution in [3.8, 4) is 0 Å². The first-order valence-corrected chi connectivity index (χ1v) is 4.99. The summed E-state index contributed by atoms with van der Waals surface area (Å²) in [5.41, 5.74) is 1.98. The van der Waals surface area contributed by atoms with Gasteiger partial charge >= 0.3 is 0 Å². The predicted octanol–water partition coefficient (Wildman–Crippen LogP) is 2.49. The van der Waals surface area contributed by atoms with Gasteiger partial charge < -0.3 is 4.57 Å². The maximum atomic E-state index is 6.03. The molecule has 2 aromatic rings. The third kappa shape index (κ3) is 1.28. The van der Waals surface area contributed by atoms with Crippen molar-refractivity contribution in [2.45, 2.75) is 20.3 Å². The number of fused-ring (bicyclic) bond motifs is 1. The van der Waals surface area contributed by atoms with Gasteiger partial charge in [-0.1, -0.05) is 18.5 Å². The van der Waals surface area contributed by atoms with E-state index < -0.39 is 0 Å². The Morgan fingerprint density at radius 2 is 2.14 bits per heavy atom. The van der Waals surface area contributed by atoms with Crippen molar-refractivity contribution in [3.63, 3.8) is 0 Å². The highest BCUT2D eigenvalue weighted by atomic mass is 35.5. The molecule has 2 rings (SSSR count). The molecule has 2 heterocycles. The summed E-state index contributed by atoms with van der Waals surface area (Å²) < 4.78 is 1.88. The Balaban J connectivity index is 2.87. The quantitative estimate of drug-likeness (QED) is 0.723. The molecule has 0 amide bonds. The summed E-state index contributed by atoms with van der Waals surface area (Å²) in [5.74, 6) is 0.798. The highest BCUT2D eigenvalue weighted by molar-refractivity contribution is 6.30. The fourth-order valence-corrected chi connectivity index (χ4v) is 1.80. The monoisotopic (exact) mass is 209 g/mol. The van der Waals surface area contributed by atoms with Gasteiger partial charge in [0, 0.05) is 12.4 Å². The van der Waals surface area contributed by atoms with Crippen LogP contribution in [0.5, 0.6) is 0 Å². The lowest BCUT2D eigenvalue weighted by molar-refractivity contribution is 0.916. The molecule has 0 aliphatic carbocycles. The third-order valence-corrected chi connectivity index (χ3v) is 2.72. The van der Waals surface area contributed by atoms with Crippen molar-refractivity contribution in [2.75, 3.05) is 0 Å². The average Bonchev–Trinajstić information content (AvgIpc) is 2.43. The zero-order valence-corrected chi connectivity index (χ0v) is 9.26. The van der Waals surface area contributed by atoms with Gasteiger partial charge in [-0.25, -0.2) is 9.97 Å². The van der Waals surface area contributed by atoms with Crippen LogP contribution in [0.15, 0.2) is 6.07 Å². The summed E-state index contributed by atoms with van der Waals surface area (Å²) >= 11 is 6.03. The standard InChI is InChI=1S/C10H12ClN3/c1-4-8-7-5-9(11)14(3)10(7)13-6(2)12-8/h5H,4H2,1-3H3. The van der Waals surface area contributed by atoms with Gasteiger partial charge in [-0.3, -0.25) is 0 Å². The minimum absolute atomic E-state index is 0.703. The molecule has 0 saturated heterocycles. The van der Waals surface area contributed by atoms with Crippen LogP contribution in [-0.2, 0) is 13.5 Å². The number of hydrogen-bond acceptors (Lipinski definition) is 2. The SMILES string of the molecule is CCc1nc(C)nc2c1cc(Cl)n2C. The van der Waals surface area contributed by atoms with Crippen LogP contribution in [0.2, 0.25) is 5.15 Å². The number of aryl methyl sites for hydroxylation is 3. The Bertz CT molecular complexity index is 488. The topological polar surface area (TPSA) is 30.7 Å². The summed E-state index contributed by atoms with van der Waals surface area (Å²) in [5, 5.41) is 1.76. The first-order chi connectivity index (χ1) is 6.63. The number of nitrogens with zero attached hydrogens (tertiary/aromatic N) is 3. The van der Waals surface area contributed by atoms with Crippen LogP contribution in [0.3, 0.4) is 0 Å². The molecule has 0 radical (unpaired) electrons. The van der Waals surface area contributed by atoms with Crippen molar-refractivity contribution in [1.82, 2.24) is 14.5 Å². The Labute approximate surface area is 87.7 Å². The zero-order chi connectivity index (χ0) is 10.3. The Morgan fingerprint density at radius 1 is 1.43 bits per heavy atom. The minimum atomic E-state index is 0.703. The van der Waals surface area contributed by atoms with Gasteiger partial charge in [-0.05, 0) is 19.4 Å². The third-order valence-electron chi connectivity index (χ3n) is 2.35.